The smallest absolute Gasteiger partial charge is 0.382 e. The first-order valence-electron chi connectivity index (χ1n) is 19.9. The predicted octanol–water partition coefficient (Wildman–Crippen LogP) is 11.4. The third-order valence-electron chi connectivity index (χ3n) is 8.27. The average molecular weight is 697 g/mol. The van der Waals surface area contributed by atoms with E-state index in [9.17, 15) is 15.0 Å². The number of aliphatic hydroxyl groups is 2. The summed E-state index contributed by atoms with van der Waals surface area (Å²) < 4.78 is 0. The van der Waals surface area contributed by atoms with Crippen molar-refractivity contribution in [3.05, 3.63) is 60.8 Å². The Labute approximate surface area is 313 Å². The molecule has 0 aliphatic heterocycles. The molecule has 4 nitrogen and oxygen atoms in total. The molecule has 0 fully saturated rings. The van der Waals surface area contributed by atoms with Crippen LogP contribution >= 0.6 is 0 Å². The van der Waals surface area contributed by atoms with Gasteiger partial charge in [-0.3, -0.25) is 0 Å². The zero-order valence-corrected chi connectivity index (χ0v) is 31.6. The first-order chi connectivity index (χ1) is 25.1. The van der Waals surface area contributed by atoms with Gasteiger partial charge < -0.3 is 15.3 Å². The third-order valence-corrected chi connectivity index (χ3v) is 8.27. The van der Waals surface area contributed by atoms with E-state index < -0.39 is 18.2 Å². The normalized spacial score (nSPS) is 12.5. The predicted molar refractivity (Wildman–Crippen MR) is 218 cm³/mol. The van der Waals surface area contributed by atoms with Gasteiger partial charge in [-0.25, -0.2) is 4.79 Å². The lowest BCUT2D eigenvalue weighted by molar-refractivity contribution is -0.130. The van der Waals surface area contributed by atoms with Gasteiger partial charge in [-0.1, -0.05) is 155 Å². The third kappa shape index (κ3) is 42.4. The SMILES string of the molecule is C#CC(O)C=CCCCCCCC#CC(O)C#CC=CCCC=CCCCCC=CCCCCCCCCCCCCCCC=CC#CC(=O)O. The van der Waals surface area contributed by atoms with Crippen LogP contribution in [0.3, 0.4) is 0 Å². The number of rotatable bonds is 30. The van der Waals surface area contributed by atoms with Crippen LogP contribution in [0, 0.1) is 47.9 Å². The maximum absolute atomic E-state index is 10.3. The van der Waals surface area contributed by atoms with Crippen molar-refractivity contribution in [3.63, 3.8) is 0 Å². The van der Waals surface area contributed by atoms with Crippen LogP contribution < -0.4 is 0 Å². The van der Waals surface area contributed by atoms with E-state index in [1.54, 1.807) is 12.2 Å². The van der Waals surface area contributed by atoms with E-state index in [0.29, 0.717) is 0 Å². The molecule has 2 atom stereocenters. The number of carboxylic acid groups (broad SMARTS) is 1. The Morgan fingerprint density at radius 3 is 1.47 bits per heavy atom. The molecule has 0 aliphatic carbocycles. The van der Waals surface area contributed by atoms with Crippen molar-refractivity contribution in [2.75, 3.05) is 0 Å². The molecule has 4 heteroatoms. The fraction of sp³-hybridized carbons (Fsp3) is 0.596. The molecule has 3 N–H and O–H groups in total. The quantitative estimate of drug-likeness (QED) is 0.0397. The van der Waals surface area contributed by atoms with E-state index in [1.165, 1.54) is 96.3 Å². The zero-order chi connectivity index (χ0) is 37.1. The van der Waals surface area contributed by atoms with Crippen LogP contribution in [-0.4, -0.2) is 33.5 Å². The highest BCUT2D eigenvalue weighted by molar-refractivity contribution is 5.86. The van der Waals surface area contributed by atoms with Crippen LogP contribution in [0.5, 0.6) is 0 Å². The summed E-state index contributed by atoms with van der Waals surface area (Å²) in [6, 6.07) is 0. The molecule has 0 heterocycles. The Bertz CT molecular complexity index is 1210. The molecule has 0 saturated heterocycles. The van der Waals surface area contributed by atoms with Gasteiger partial charge in [0.1, 0.15) is 6.10 Å². The summed E-state index contributed by atoms with van der Waals surface area (Å²) in [4.78, 5) is 10.3. The Balaban J connectivity index is 3.47. The number of carbonyl (C=O) groups is 1. The molecule has 0 aromatic rings. The highest BCUT2D eigenvalue weighted by Gasteiger charge is 1.95. The Hall–Kier alpha value is -3.67. The molecule has 280 valence electrons. The van der Waals surface area contributed by atoms with Crippen molar-refractivity contribution in [1.82, 2.24) is 0 Å². The molecular weight excluding hydrogens is 629 g/mol. The van der Waals surface area contributed by atoms with Gasteiger partial charge in [-0.15, -0.1) is 6.42 Å². The Morgan fingerprint density at radius 1 is 0.510 bits per heavy atom. The largest absolute Gasteiger partial charge is 0.472 e. The van der Waals surface area contributed by atoms with Gasteiger partial charge in [0.25, 0.3) is 0 Å². The molecular formula is C47H68O4. The molecule has 0 radical (unpaired) electrons. The molecule has 51 heavy (non-hydrogen) atoms. The second-order valence-corrected chi connectivity index (χ2v) is 13.0. The van der Waals surface area contributed by atoms with Crippen molar-refractivity contribution in [3.8, 4) is 47.9 Å². The van der Waals surface area contributed by atoms with E-state index in [1.807, 2.05) is 24.3 Å². The molecule has 2 unspecified atom stereocenters. The van der Waals surface area contributed by atoms with Gasteiger partial charge >= 0.3 is 5.97 Å². The maximum atomic E-state index is 10.3. The van der Waals surface area contributed by atoms with Crippen LogP contribution in [0.15, 0.2) is 60.8 Å². The van der Waals surface area contributed by atoms with Gasteiger partial charge in [0.2, 0.25) is 0 Å². The van der Waals surface area contributed by atoms with Gasteiger partial charge in [0.15, 0.2) is 6.10 Å². The highest BCUT2D eigenvalue weighted by Crippen LogP contribution is 2.13. The van der Waals surface area contributed by atoms with E-state index in [2.05, 4.69) is 65.7 Å². The minimum atomic E-state index is -1.07. The van der Waals surface area contributed by atoms with Gasteiger partial charge in [-0.2, -0.15) is 0 Å². The lowest BCUT2D eigenvalue weighted by Gasteiger charge is -2.02. The number of allylic oxidation sites excluding steroid dienone is 9. The van der Waals surface area contributed by atoms with Gasteiger partial charge in [-0.05, 0) is 102 Å². The van der Waals surface area contributed by atoms with Crippen LogP contribution in [-0.2, 0) is 4.79 Å². The first-order valence-corrected chi connectivity index (χ1v) is 19.9. The fourth-order valence-electron chi connectivity index (χ4n) is 5.31. The molecule has 0 amide bonds. The van der Waals surface area contributed by atoms with Crippen molar-refractivity contribution in [1.29, 1.82) is 0 Å². The number of terminal acetylenes is 1. The van der Waals surface area contributed by atoms with Crippen molar-refractivity contribution in [2.24, 2.45) is 0 Å². The standard InChI is InChI=1S/C47H68O4/c1-2-45(48)41-37-33-29-27-28-31-35-39-43-46(49)42-38-34-30-25-23-21-19-17-15-13-11-9-7-5-3-4-6-8-10-12-14-16-18-20-22-24-26-32-36-40-44-47(50)51/h1,7,9,19,21,30,32,34,36-37,41,45-46,48-49H,3-6,8,10-18,20,22-29,31,33,35H2,(H,50,51). The second kappa shape index (κ2) is 40.8. The summed E-state index contributed by atoms with van der Waals surface area (Å²) in [6.07, 6.45) is 54.7. The minimum Gasteiger partial charge on any atom is -0.472 e. The monoisotopic (exact) mass is 697 g/mol. The highest BCUT2D eigenvalue weighted by atomic mass is 16.4. The first kappa shape index (κ1) is 47.3. The van der Waals surface area contributed by atoms with Gasteiger partial charge in [0, 0.05) is 12.3 Å². The summed E-state index contributed by atoms with van der Waals surface area (Å²) in [5.74, 6) is 17.3. The van der Waals surface area contributed by atoms with E-state index >= 15 is 0 Å². The molecule has 0 aliphatic rings. The minimum absolute atomic E-state index is 0.771. The zero-order valence-electron chi connectivity index (χ0n) is 31.6. The topological polar surface area (TPSA) is 77.8 Å². The summed E-state index contributed by atoms with van der Waals surface area (Å²) in [6.45, 7) is 0. The number of unbranched alkanes of at least 4 members (excludes halogenated alkanes) is 22. The van der Waals surface area contributed by atoms with Crippen LogP contribution in [0.1, 0.15) is 167 Å². The summed E-state index contributed by atoms with van der Waals surface area (Å²) >= 11 is 0. The summed E-state index contributed by atoms with van der Waals surface area (Å²) in [5, 5.41) is 27.6. The number of carboxylic acids is 1. The number of aliphatic carboxylic acids is 1. The van der Waals surface area contributed by atoms with E-state index in [4.69, 9.17) is 11.5 Å². The number of aliphatic hydroxyl groups excluding tert-OH is 2. The lowest BCUT2D eigenvalue weighted by Crippen LogP contribution is -1.97. The maximum Gasteiger partial charge on any atom is 0.382 e. The summed E-state index contributed by atoms with van der Waals surface area (Å²) in [5.41, 5.74) is 0. The second-order valence-electron chi connectivity index (χ2n) is 13.0. The van der Waals surface area contributed by atoms with E-state index in [0.717, 1.165) is 70.6 Å². The molecule has 0 bridgehead atoms. The molecule has 0 aromatic carbocycles. The number of hydrogen-bond acceptors (Lipinski definition) is 3. The van der Waals surface area contributed by atoms with E-state index in [-0.39, 0.29) is 0 Å². The van der Waals surface area contributed by atoms with Crippen LogP contribution in [0.2, 0.25) is 0 Å². The Morgan fingerprint density at radius 2 is 0.922 bits per heavy atom. The molecule has 0 spiro atoms. The summed E-state index contributed by atoms with van der Waals surface area (Å²) in [7, 11) is 0. The average Bonchev–Trinajstić information content (AvgIpc) is 3.12. The van der Waals surface area contributed by atoms with Gasteiger partial charge in [0.05, 0.1) is 0 Å². The lowest BCUT2D eigenvalue weighted by atomic mass is 10.0. The van der Waals surface area contributed by atoms with Crippen LogP contribution in [0.4, 0.5) is 0 Å². The van der Waals surface area contributed by atoms with Crippen molar-refractivity contribution >= 4 is 5.97 Å². The Kier molecular flexibility index (Phi) is 37.8. The molecule has 0 rings (SSSR count). The number of hydrogen-bond donors (Lipinski definition) is 3. The van der Waals surface area contributed by atoms with Crippen molar-refractivity contribution in [2.45, 2.75) is 179 Å². The van der Waals surface area contributed by atoms with Crippen molar-refractivity contribution < 1.29 is 20.1 Å². The fourth-order valence-corrected chi connectivity index (χ4v) is 5.31. The molecule has 0 aromatic heterocycles. The molecule has 0 saturated carbocycles. The van der Waals surface area contributed by atoms with Crippen LogP contribution in [0.25, 0.3) is 0 Å².